The molecule has 30 heavy (non-hydrogen) atoms. The standard InChI is InChI=1S/C23H28BrN3O3/c1-16-6-11-21(30-16)20(26-12-2-3-13-26)15-25-22(28)19-5-4-14-27(19)23(29)17-7-9-18(24)10-8-17/h6-11,19-20H,2-5,12-15H2,1H3,(H,25,28). The van der Waals surface area contributed by atoms with Crippen molar-refractivity contribution in [2.24, 2.45) is 0 Å². The lowest BCUT2D eigenvalue weighted by molar-refractivity contribution is -0.125. The summed E-state index contributed by atoms with van der Waals surface area (Å²) in [5, 5.41) is 3.11. The van der Waals surface area contributed by atoms with E-state index < -0.39 is 6.04 Å². The van der Waals surface area contributed by atoms with Crippen LogP contribution < -0.4 is 5.32 Å². The van der Waals surface area contributed by atoms with Gasteiger partial charge in [-0.25, -0.2) is 0 Å². The van der Waals surface area contributed by atoms with Gasteiger partial charge in [-0.15, -0.1) is 0 Å². The number of likely N-dealkylation sites (tertiary alicyclic amines) is 2. The average molecular weight is 474 g/mol. The first kappa shape index (κ1) is 21.1. The largest absolute Gasteiger partial charge is 0.465 e. The van der Waals surface area contributed by atoms with Crippen LogP contribution >= 0.6 is 15.9 Å². The third kappa shape index (κ3) is 4.62. The van der Waals surface area contributed by atoms with Crippen molar-refractivity contribution in [3.05, 3.63) is 58.0 Å². The highest BCUT2D eigenvalue weighted by Gasteiger charge is 2.35. The number of nitrogens with zero attached hydrogens (tertiary/aromatic N) is 2. The van der Waals surface area contributed by atoms with Crippen LogP contribution in [0.25, 0.3) is 0 Å². The Hall–Kier alpha value is -2.12. The van der Waals surface area contributed by atoms with Crippen LogP contribution in [0.4, 0.5) is 0 Å². The highest BCUT2D eigenvalue weighted by atomic mass is 79.9. The maximum absolute atomic E-state index is 13.0. The molecule has 0 aliphatic carbocycles. The maximum Gasteiger partial charge on any atom is 0.254 e. The fourth-order valence-electron chi connectivity index (χ4n) is 4.45. The second kappa shape index (κ2) is 9.35. The number of carbonyl (C=O) groups is 2. The lowest BCUT2D eigenvalue weighted by Gasteiger charge is -2.28. The lowest BCUT2D eigenvalue weighted by Crippen LogP contribution is -2.47. The van der Waals surface area contributed by atoms with Crippen LogP contribution in [0.3, 0.4) is 0 Å². The van der Waals surface area contributed by atoms with Crippen molar-refractivity contribution in [1.82, 2.24) is 15.1 Å². The molecular weight excluding hydrogens is 446 g/mol. The van der Waals surface area contributed by atoms with Gasteiger partial charge in [0.1, 0.15) is 17.6 Å². The number of hydrogen-bond donors (Lipinski definition) is 1. The fraction of sp³-hybridized carbons (Fsp3) is 0.478. The topological polar surface area (TPSA) is 65.8 Å². The molecule has 7 heteroatoms. The highest BCUT2D eigenvalue weighted by Crippen LogP contribution is 2.27. The fourth-order valence-corrected chi connectivity index (χ4v) is 4.72. The summed E-state index contributed by atoms with van der Waals surface area (Å²) < 4.78 is 6.81. The quantitative estimate of drug-likeness (QED) is 0.690. The minimum Gasteiger partial charge on any atom is -0.465 e. The van der Waals surface area contributed by atoms with Gasteiger partial charge >= 0.3 is 0 Å². The number of amides is 2. The number of benzene rings is 1. The number of halogens is 1. The Morgan fingerprint density at radius 1 is 1.10 bits per heavy atom. The van der Waals surface area contributed by atoms with Gasteiger partial charge in [0.05, 0.1) is 6.04 Å². The van der Waals surface area contributed by atoms with Gasteiger partial charge < -0.3 is 14.6 Å². The van der Waals surface area contributed by atoms with Gasteiger partial charge in [-0.2, -0.15) is 0 Å². The van der Waals surface area contributed by atoms with Gasteiger partial charge in [-0.05, 0) is 82.1 Å². The minimum atomic E-state index is -0.418. The van der Waals surface area contributed by atoms with E-state index in [4.69, 9.17) is 4.42 Å². The second-order valence-electron chi connectivity index (χ2n) is 8.12. The SMILES string of the molecule is Cc1ccc(C(CNC(=O)C2CCCN2C(=O)c2ccc(Br)cc2)N2CCCC2)o1. The first-order chi connectivity index (χ1) is 14.5. The summed E-state index contributed by atoms with van der Waals surface area (Å²) >= 11 is 3.40. The zero-order chi connectivity index (χ0) is 21.1. The third-order valence-electron chi connectivity index (χ3n) is 6.05. The molecule has 0 saturated carbocycles. The van der Waals surface area contributed by atoms with Crippen molar-refractivity contribution in [2.75, 3.05) is 26.2 Å². The molecule has 2 unspecified atom stereocenters. The van der Waals surface area contributed by atoms with Gasteiger partial charge in [0, 0.05) is 23.1 Å². The Kier molecular flexibility index (Phi) is 6.58. The number of carbonyl (C=O) groups excluding carboxylic acids is 2. The maximum atomic E-state index is 13.0. The van der Waals surface area contributed by atoms with Gasteiger partial charge in [0.15, 0.2) is 0 Å². The van der Waals surface area contributed by atoms with E-state index in [0.717, 1.165) is 35.5 Å². The summed E-state index contributed by atoms with van der Waals surface area (Å²) in [7, 11) is 0. The monoisotopic (exact) mass is 473 g/mol. The van der Waals surface area contributed by atoms with Gasteiger partial charge in [0.2, 0.25) is 5.91 Å². The van der Waals surface area contributed by atoms with Gasteiger partial charge in [-0.1, -0.05) is 15.9 Å². The smallest absolute Gasteiger partial charge is 0.254 e. The van der Waals surface area contributed by atoms with Gasteiger partial charge in [-0.3, -0.25) is 14.5 Å². The summed E-state index contributed by atoms with van der Waals surface area (Å²) in [5.41, 5.74) is 0.610. The third-order valence-corrected chi connectivity index (χ3v) is 6.58. The number of hydrogen-bond acceptors (Lipinski definition) is 4. The van der Waals surface area contributed by atoms with Crippen LogP contribution in [0.2, 0.25) is 0 Å². The molecule has 6 nitrogen and oxygen atoms in total. The predicted octanol–water partition coefficient (Wildman–Crippen LogP) is 3.91. The molecule has 2 aliphatic rings. The summed E-state index contributed by atoms with van der Waals surface area (Å²) in [4.78, 5) is 30.1. The first-order valence-corrected chi connectivity index (χ1v) is 11.5. The molecule has 1 aromatic heterocycles. The Labute approximate surface area is 185 Å². The molecule has 2 atom stereocenters. The molecule has 2 aliphatic heterocycles. The van der Waals surface area contributed by atoms with Crippen LogP contribution in [-0.2, 0) is 4.79 Å². The van der Waals surface area contributed by atoms with Crippen molar-refractivity contribution >= 4 is 27.7 Å². The van der Waals surface area contributed by atoms with Crippen molar-refractivity contribution in [1.29, 1.82) is 0 Å². The lowest BCUT2D eigenvalue weighted by atomic mass is 10.1. The van der Waals surface area contributed by atoms with Crippen molar-refractivity contribution in [3.63, 3.8) is 0 Å². The summed E-state index contributed by atoms with van der Waals surface area (Å²) in [6, 6.07) is 10.9. The molecular formula is C23H28BrN3O3. The summed E-state index contributed by atoms with van der Waals surface area (Å²) in [6.45, 7) is 5.06. The average Bonchev–Trinajstić information content (AvgIpc) is 3.50. The summed E-state index contributed by atoms with van der Waals surface area (Å²) in [6.07, 6.45) is 3.88. The Morgan fingerprint density at radius 3 is 2.50 bits per heavy atom. The zero-order valence-corrected chi connectivity index (χ0v) is 18.9. The predicted molar refractivity (Wildman–Crippen MR) is 118 cm³/mol. The molecule has 160 valence electrons. The van der Waals surface area contributed by atoms with Crippen LogP contribution in [0.1, 0.15) is 53.6 Å². The Bertz CT molecular complexity index is 889. The Morgan fingerprint density at radius 2 is 1.83 bits per heavy atom. The molecule has 0 radical (unpaired) electrons. The molecule has 1 N–H and O–H groups in total. The van der Waals surface area contributed by atoms with E-state index in [2.05, 4.69) is 26.1 Å². The van der Waals surface area contributed by atoms with Crippen LogP contribution in [0, 0.1) is 6.92 Å². The van der Waals surface area contributed by atoms with E-state index in [1.807, 2.05) is 31.2 Å². The Balaban J connectivity index is 1.42. The molecule has 0 bridgehead atoms. The van der Waals surface area contributed by atoms with Crippen LogP contribution in [0.15, 0.2) is 45.3 Å². The van der Waals surface area contributed by atoms with Crippen molar-refractivity contribution in [2.45, 2.75) is 44.7 Å². The number of rotatable bonds is 6. The second-order valence-corrected chi connectivity index (χ2v) is 9.03. The molecule has 2 aromatic rings. The van der Waals surface area contributed by atoms with Crippen LogP contribution in [-0.4, -0.2) is 53.8 Å². The highest BCUT2D eigenvalue weighted by molar-refractivity contribution is 9.10. The van der Waals surface area contributed by atoms with E-state index >= 15 is 0 Å². The zero-order valence-electron chi connectivity index (χ0n) is 17.3. The van der Waals surface area contributed by atoms with E-state index in [0.29, 0.717) is 25.1 Å². The molecule has 4 rings (SSSR count). The minimum absolute atomic E-state index is 0.0298. The van der Waals surface area contributed by atoms with Gasteiger partial charge in [0.25, 0.3) is 5.91 Å². The first-order valence-electron chi connectivity index (χ1n) is 10.7. The molecule has 0 spiro atoms. The molecule has 2 saturated heterocycles. The molecule has 2 fully saturated rings. The van der Waals surface area contributed by atoms with E-state index in [9.17, 15) is 9.59 Å². The molecule has 3 heterocycles. The summed E-state index contributed by atoms with van der Waals surface area (Å²) in [5.74, 6) is 1.61. The number of aryl methyl sites for hydroxylation is 1. The van der Waals surface area contributed by atoms with Crippen molar-refractivity contribution < 1.29 is 14.0 Å². The number of furan rings is 1. The molecule has 1 aromatic carbocycles. The molecule has 2 amide bonds. The van der Waals surface area contributed by atoms with E-state index in [1.54, 1.807) is 17.0 Å². The van der Waals surface area contributed by atoms with Crippen molar-refractivity contribution in [3.8, 4) is 0 Å². The van der Waals surface area contributed by atoms with Crippen LogP contribution in [0.5, 0.6) is 0 Å². The normalized spacial score (nSPS) is 20.5. The van der Waals surface area contributed by atoms with E-state index in [-0.39, 0.29) is 17.9 Å². The van der Waals surface area contributed by atoms with E-state index in [1.165, 1.54) is 12.8 Å². The number of nitrogens with one attached hydrogen (secondary N) is 1.